The first-order valence-corrected chi connectivity index (χ1v) is 10.3. The van der Waals surface area contributed by atoms with Crippen LogP contribution in [0.1, 0.15) is 65.2 Å². The highest BCUT2D eigenvalue weighted by atomic mass is 16.3. The van der Waals surface area contributed by atoms with Crippen molar-refractivity contribution in [3.8, 4) is 0 Å². The molecule has 0 unspecified atom stereocenters. The molecule has 142 valence electrons. The summed E-state index contributed by atoms with van der Waals surface area (Å²) in [5.74, 6) is 0.745. The number of piperidine rings is 2. The van der Waals surface area contributed by atoms with Crippen LogP contribution in [0, 0.1) is 11.3 Å². The predicted octanol–water partition coefficient (Wildman–Crippen LogP) is 3.21. The molecule has 4 nitrogen and oxygen atoms in total. The summed E-state index contributed by atoms with van der Waals surface area (Å²) in [6, 6.07) is 0.586. The fourth-order valence-corrected chi connectivity index (χ4v) is 4.70. The smallest absolute Gasteiger partial charge is 0.225 e. The summed E-state index contributed by atoms with van der Waals surface area (Å²) in [4.78, 5) is 17.2. The van der Waals surface area contributed by atoms with Crippen molar-refractivity contribution < 1.29 is 9.90 Å². The molecular weight excluding hydrogens is 312 g/mol. The second-order valence-corrected chi connectivity index (χ2v) is 8.90. The molecule has 1 saturated carbocycles. The number of likely N-dealkylation sites (tertiary alicyclic amines) is 2. The van der Waals surface area contributed by atoms with E-state index in [-0.39, 0.29) is 12.0 Å². The Kier molecular flexibility index (Phi) is 6.21. The van der Waals surface area contributed by atoms with Gasteiger partial charge in [0.1, 0.15) is 0 Å². The van der Waals surface area contributed by atoms with Gasteiger partial charge in [0.05, 0.1) is 6.61 Å². The maximum absolute atomic E-state index is 12.4. The van der Waals surface area contributed by atoms with Crippen molar-refractivity contribution in [2.45, 2.75) is 71.3 Å². The summed E-state index contributed by atoms with van der Waals surface area (Å²) in [5.41, 5.74) is 1.38. The molecule has 0 aromatic heterocycles. The third-order valence-corrected chi connectivity index (χ3v) is 6.72. The monoisotopic (exact) mass is 348 g/mol. The van der Waals surface area contributed by atoms with E-state index in [2.05, 4.69) is 29.7 Å². The molecule has 1 amide bonds. The van der Waals surface area contributed by atoms with Crippen molar-refractivity contribution in [2.75, 3.05) is 32.8 Å². The molecule has 25 heavy (non-hydrogen) atoms. The van der Waals surface area contributed by atoms with Crippen molar-refractivity contribution in [3.63, 3.8) is 0 Å². The Morgan fingerprint density at radius 3 is 2.40 bits per heavy atom. The molecule has 0 aromatic carbocycles. The predicted molar refractivity (Wildman–Crippen MR) is 101 cm³/mol. The molecule has 0 aromatic rings. The van der Waals surface area contributed by atoms with Gasteiger partial charge >= 0.3 is 0 Å². The van der Waals surface area contributed by atoms with E-state index in [4.69, 9.17) is 0 Å². The molecule has 1 aliphatic carbocycles. The number of carbonyl (C=O) groups excluding carboxylic acids is 1. The molecule has 1 N–H and O–H groups in total. The maximum atomic E-state index is 12.4. The van der Waals surface area contributed by atoms with Crippen molar-refractivity contribution >= 4 is 5.91 Å². The number of amides is 1. The topological polar surface area (TPSA) is 43.8 Å². The van der Waals surface area contributed by atoms with Crippen LogP contribution in [0.3, 0.4) is 0 Å². The third kappa shape index (κ3) is 4.46. The van der Waals surface area contributed by atoms with Crippen LogP contribution in [0.15, 0.2) is 11.6 Å². The lowest BCUT2D eigenvalue weighted by molar-refractivity contribution is -0.140. The minimum absolute atomic E-state index is 0.0361. The molecule has 4 heteroatoms. The Morgan fingerprint density at radius 2 is 1.84 bits per heavy atom. The van der Waals surface area contributed by atoms with Gasteiger partial charge in [-0.1, -0.05) is 18.1 Å². The van der Waals surface area contributed by atoms with Crippen molar-refractivity contribution in [2.24, 2.45) is 11.3 Å². The molecule has 3 aliphatic rings. The summed E-state index contributed by atoms with van der Waals surface area (Å²) in [6.45, 7) is 8.58. The Balaban J connectivity index is 1.53. The van der Waals surface area contributed by atoms with Gasteiger partial charge in [0.15, 0.2) is 0 Å². The van der Waals surface area contributed by atoms with Crippen LogP contribution in [-0.2, 0) is 4.79 Å². The van der Waals surface area contributed by atoms with Gasteiger partial charge in [-0.25, -0.2) is 0 Å². The average molecular weight is 349 g/mol. The molecule has 0 radical (unpaired) electrons. The van der Waals surface area contributed by atoms with Gasteiger partial charge in [0, 0.05) is 37.0 Å². The van der Waals surface area contributed by atoms with Gasteiger partial charge in [-0.05, 0) is 65.3 Å². The van der Waals surface area contributed by atoms with Crippen LogP contribution in [0.5, 0.6) is 0 Å². The second-order valence-electron chi connectivity index (χ2n) is 8.90. The van der Waals surface area contributed by atoms with Crippen LogP contribution in [0.25, 0.3) is 0 Å². The van der Waals surface area contributed by atoms with Crippen LogP contribution in [0.2, 0.25) is 0 Å². The molecule has 3 rings (SSSR count). The van der Waals surface area contributed by atoms with E-state index >= 15 is 0 Å². The van der Waals surface area contributed by atoms with Crippen molar-refractivity contribution in [1.29, 1.82) is 0 Å². The van der Waals surface area contributed by atoms with E-state index in [1.807, 2.05) is 0 Å². The van der Waals surface area contributed by atoms with Crippen LogP contribution >= 0.6 is 0 Å². The van der Waals surface area contributed by atoms with Crippen molar-refractivity contribution in [1.82, 2.24) is 9.80 Å². The fraction of sp³-hybridized carbons (Fsp3) is 0.857. The highest BCUT2D eigenvalue weighted by Crippen LogP contribution is 2.36. The molecule has 2 saturated heterocycles. The number of allylic oxidation sites excluding steroid dienone is 2. The van der Waals surface area contributed by atoms with E-state index in [0.717, 1.165) is 64.7 Å². The van der Waals surface area contributed by atoms with Crippen molar-refractivity contribution in [3.05, 3.63) is 11.6 Å². The van der Waals surface area contributed by atoms with E-state index < -0.39 is 0 Å². The van der Waals surface area contributed by atoms with Gasteiger partial charge in [-0.2, -0.15) is 0 Å². The van der Waals surface area contributed by atoms with E-state index in [1.165, 1.54) is 18.4 Å². The highest BCUT2D eigenvalue weighted by molar-refractivity contribution is 5.79. The molecular formula is C21H36N2O2. The number of aliphatic hydroxyl groups excluding tert-OH is 1. The number of rotatable bonds is 5. The van der Waals surface area contributed by atoms with Gasteiger partial charge in [-0.15, -0.1) is 0 Å². The number of hydrogen-bond donors (Lipinski definition) is 1. The summed E-state index contributed by atoms with van der Waals surface area (Å²) in [6.07, 6.45) is 11.2. The number of hydrogen-bond acceptors (Lipinski definition) is 3. The first-order chi connectivity index (χ1) is 12.0. The van der Waals surface area contributed by atoms with E-state index in [0.29, 0.717) is 17.9 Å². The Labute approximate surface area is 153 Å². The van der Waals surface area contributed by atoms with Crippen LogP contribution in [0.4, 0.5) is 0 Å². The molecule has 0 bridgehead atoms. The summed E-state index contributed by atoms with van der Waals surface area (Å²) >= 11 is 0. The number of carbonyl (C=O) groups is 1. The van der Waals surface area contributed by atoms with Crippen LogP contribution < -0.4 is 0 Å². The third-order valence-electron chi connectivity index (χ3n) is 6.72. The van der Waals surface area contributed by atoms with E-state index in [1.54, 1.807) is 0 Å². The Hall–Kier alpha value is -0.870. The minimum Gasteiger partial charge on any atom is -0.396 e. The highest BCUT2D eigenvalue weighted by Gasteiger charge is 2.38. The van der Waals surface area contributed by atoms with Crippen LogP contribution in [-0.4, -0.2) is 59.6 Å². The number of aliphatic hydroxyl groups is 1. The van der Waals surface area contributed by atoms with Gasteiger partial charge in [0.2, 0.25) is 5.91 Å². The second kappa shape index (κ2) is 8.22. The fourth-order valence-electron chi connectivity index (χ4n) is 4.70. The number of nitrogens with zero attached hydrogens (tertiary/aromatic N) is 2. The van der Waals surface area contributed by atoms with Gasteiger partial charge in [0.25, 0.3) is 0 Å². The Bertz CT molecular complexity index is 488. The normalized spacial score (nSPS) is 29.3. The van der Waals surface area contributed by atoms with E-state index in [9.17, 15) is 9.90 Å². The standard InChI is InChI=1S/C21H36N2O2/c1-17(2)7-11-21(16-24)10-4-12-23(15-21)19-8-13-22(14-9-19)20(25)18-5-3-6-18/h7,18-19,24H,3-6,8-16H2,1-2H3/t21-/m1/s1. The lowest BCUT2D eigenvalue weighted by Gasteiger charge is -2.47. The Morgan fingerprint density at radius 1 is 1.12 bits per heavy atom. The lowest BCUT2D eigenvalue weighted by Crippen LogP contribution is -2.53. The SMILES string of the molecule is CC(C)=CC[C@]1(CO)CCCN(C2CCN(C(=O)C3CCC3)CC2)C1. The molecule has 2 heterocycles. The summed E-state index contributed by atoms with van der Waals surface area (Å²) < 4.78 is 0. The quantitative estimate of drug-likeness (QED) is 0.776. The van der Waals surface area contributed by atoms with Gasteiger partial charge in [-0.3, -0.25) is 9.69 Å². The maximum Gasteiger partial charge on any atom is 0.225 e. The minimum atomic E-state index is 0.0361. The summed E-state index contributed by atoms with van der Waals surface area (Å²) in [7, 11) is 0. The molecule has 0 spiro atoms. The summed E-state index contributed by atoms with van der Waals surface area (Å²) in [5, 5.41) is 10.1. The zero-order chi connectivity index (χ0) is 17.9. The first-order valence-electron chi connectivity index (χ1n) is 10.3. The molecule has 1 atom stereocenters. The average Bonchev–Trinajstić information content (AvgIpc) is 2.59. The molecule has 2 aliphatic heterocycles. The lowest BCUT2D eigenvalue weighted by atomic mass is 9.76. The van der Waals surface area contributed by atoms with Gasteiger partial charge < -0.3 is 10.0 Å². The zero-order valence-electron chi connectivity index (χ0n) is 16.2. The molecule has 3 fully saturated rings. The first kappa shape index (κ1) is 18.9. The zero-order valence-corrected chi connectivity index (χ0v) is 16.2. The largest absolute Gasteiger partial charge is 0.396 e.